The lowest BCUT2D eigenvalue weighted by Crippen LogP contribution is -2.38. The zero-order valence-electron chi connectivity index (χ0n) is 12.3. The molecule has 2 aromatic rings. The molecule has 0 fully saturated rings. The number of aromatic carboxylic acids is 1. The van der Waals surface area contributed by atoms with E-state index >= 15 is 0 Å². The fraction of sp³-hybridized carbons (Fsp3) is 0.538. The summed E-state index contributed by atoms with van der Waals surface area (Å²) in [5.74, 6) is -1.44. The fourth-order valence-electron chi connectivity index (χ4n) is 2.35. The molecule has 114 valence electrons. The van der Waals surface area contributed by atoms with Gasteiger partial charge in [-0.3, -0.25) is 13.9 Å². The molecule has 0 amide bonds. The zero-order chi connectivity index (χ0) is 15.7. The number of unbranched alkanes of at least 4 members (excludes halogenated alkanes) is 1. The Labute approximate surface area is 120 Å². The molecular formula is C13H18N4O4. The molecule has 0 aliphatic rings. The molecule has 0 aliphatic heterocycles. The predicted octanol–water partition coefficient (Wildman–Crippen LogP) is 0.415. The summed E-state index contributed by atoms with van der Waals surface area (Å²) in [5.41, 5.74) is -0.688. The molecule has 2 rings (SSSR count). The molecule has 21 heavy (non-hydrogen) atoms. The number of fused-ring (bicyclic) bond motifs is 1. The molecule has 0 aromatic carbocycles. The molecule has 8 heteroatoms. The third-order valence-corrected chi connectivity index (χ3v) is 3.47. The van der Waals surface area contributed by atoms with Gasteiger partial charge in [-0.15, -0.1) is 0 Å². The maximum atomic E-state index is 12.3. The number of hydrogen-bond acceptors (Lipinski definition) is 4. The van der Waals surface area contributed by atoms with Crippen LogP contribution >= 0.6 is 0 Å². The standard InChI is InChI=1S/C13H18N4O4/c1-4-6-7-17-9-8(11(18)15(3)13(17)21)16(5-2)10(14-9)12(19)20/h4-7H2,1-3H3,(H,19,20). The highest BCUT2D eigenvalue weighted by molar-refractivity contribution is 5.88. The van der Waals surface area contributed by atoms with E-state index in [4.69, 9.17) is 0 Å². The molecule has 2 aromatic heterocycles. The summed E-state index contributed by atoms with van der Waals surface area (Å²) >= 11 is 0. The molecule has 0 unspecified atom stereocenters. The van der Waals surface area contributed by atoms with E-state index in [0.717, 1.165) is 17.4 Å². The average molecular weight is 294 g/mol. The van der Waals surface area contributed by atoms with E-state index in [0.29, 0.717) is 13.1 Å². The smallest absolute Gasteiger partial charge is 0.372 e. The van der Waals surface area contributed by atoms with Crippen LogP contribution in [0.3, 0.4) is 0 Å². The van der Waals surface area contributed by atoms with Gasteiger partial charge in [-0.25, -0.2) is 14.6 Å². The first-order valence-corrected chi connectivity index (χ1v) is 6.87. The maximum absolute atomic E-state index is 12.3. The van der Waals surface area contributed by atoms with Crippen molar-refractivity contribution in [3.63, 3.8) is 0 Å². The highest BCUT2D eigenvalue weighted by Crippen LogP contribution is 2.12. The lowest BCUT2D eigenvalue weighted by atomic mass is 10.3. The van der Waals surface area contributed by atoms with Gasteiger partial charge in [-0.05, 0) is 13.3 Å². The van der Waals surface area contributed by atoms with Crippen molar-refractivity contribution in [2.24, 2.45) is 7.05 Å². The lowest BCUT2D eigenvalue weighted by Gasteiger charge is -2.08. The zero-order valence-corrected chi connectivity index (χ0v) is 12.3. The maximum Gasteiger partial charge on any atom is 0.372 e. The number of nitrogens with zero attached hydrogens (tertiary/aromatic N) is 4. The first kappa shape index (κ1) is 15.0. The van der Waals surface area contributed by atoms with E-state index in [1.54, 1.807) is 6.92 Å². The minimum Gasteiger partial charge on any atom is -0.475 e. The number of hydrogen-bond donors (Lipinski definition) is 1. The van der Waals surface area contributed by atoms with E-state index in [-0.39, 0.29) is 17.0 Å². The van der Waals surface area contributed by atoms with Crippen LogP contribution in [-0.4, -0.2) is 29.8 Å². The van der Waals surface area contributed by atoms with Crippen LogP contribution in [0, 0.1) is 0 Å². The second-order valence-electron chi connectivity index (χ2n) is 4.81. The average Bonchev–Trinajstić information content (AvgIpc) is 2.84. The topological polar surface area (TPSA) is 99.1 Å². The molecule has 8 nitrogen and oxygen atoms in total. The summed E-state index contributed by atoms with van der Waals surface area (Å²) in [6.45, 7) is 4.41. The van der Waals surface area contributed by atoms with E-state index in [9.17, 15) is 19.5 Å². The Morgan fingerprint density at radius 3 is 2.43 bits per heavy atom. The normalized spacial score (nSPS) is 11.2. The minimum absolute atomic E-state index is 0.149. The molecular weight excluding hydrogens is 276 g/mol. The number of rotatable bonds is 5. The van der Waals surface area contributed by atoms with Gasteiger partial charge in [-0.1, -0.05) is 13.3 Å². The summed E-state index contributed by atoms with van der Waals surface area (Å²) in [4.78, 5) is 39.8. The van der Waals surface area contributed by atoms with Crippen LogP contribution in [-0.2, 0) is 20.1 Å². The SMILES string of the molecule is CCCCn1c(=O)n(C)c(=O)c2c1nc(C(=O)O)n2CC. The number of carboxylic acid groups (broad SMARTS) is 1. The van der Waals surface area contributed by atoms with Crippen LogP contribution in [0.4, 0.5) is 0 Å². The number of carbonyl (C=O) groups is 1. The van der Waals surface area contributed by atoms with Crippen molar-refractivity contribution in [3.8, 4) is 0 Å². The van der Waals surface area contributed by atoms with E-state index in [1.807, 2.05) is 6.92 Å². The Morgan fingerprint density at radius 1 is 1.24 bits per heavy atom. The Morgan fingerprint density at radius 2 is 1.90 bits per heavy atom. The number of aromatic nitrogens is 4. The van der Waals surface area contributed by atoms with Gasteiger partial charge >= 0.3 is 11.7 Å². The summed E-state index contributed by atoms with van der Waals surface area (Å²) in [5, 5.41) is 9.21. The van der Waals surface area contributed by atoms with Gasteiger partial charge in [0.15, 0.2) is 11.2 Å². The minimum atomic E-state index is -1.22. The predicted molar refractivity (Wildman–Crippen MR) is 76.8 cm³/mol. The van der Waals surface area contributed by atoms with Crippen LogP contribution in [0.15, 0.2) is 9.59 Å². The van der Waals surface area contributed by atoms with Gasteiger partial charge < -0.3 is 9.67 Å². The Kier molecular flexibility index (Phi) is 3.97. The molecule has 0 saturated carbocycles. The van der Waals surface area contributed by atoms with Crippen molar-refractivity contribution < 1.29 is 9.90 Å². The van der Waals surface area contributed by atoms with Crippen molar-refractivity contribution in [1.29, 1.82) is 0 Å². The summed E-state index contributed by atoms with van der Waals surface area (Å²) in [6, 6.07) is 0. The highest BCUT2D eigenvalue weighted by atomic mass is 16.4. The van der Waals surface area contributed by atoms with E-state index < -0.39 is 17.2 Å². The van der Waals surface area contributed by atoms with Gasteiger partial charge in [-0.2, -0.15) is 0 Å². The number of imidazole rings is 1. The second kappa shape index (κ2) is 5.55. The van der Waals surface area contributed by atoms with Gasteiger partial charge in [0, 0.05) is 20.1 Å². The Hall–Kier alpha value is -2.38. The second-order valence-corrected chi connectivity index (χ2v) is 4.81. The van der Waals surface area contributed by atoms with Crippen LogP contribution in [0.25, 0.3) is 11.2 Å². The van der Waals surface area contributed by atoms with Gasteiger partial charge in [0.1, 0.15) is 0 Å². The van der Waals surface area contributed by atoms with Crippen molar-refractivity contribution in [3.05, 3.63) is 26.7 Å². The number of aryl methyl sites for hydroxylation is 2. The fourth-order valence-corrected chi connectivity index (χ4v) is 2.35. The van der Waals surface area contributed by atoms with Gasteiger partial charge in [0.2, 0.25) is 5.82 Å². The molecule has 0 bridgehead atoms. The van der Waals surface area contributed by atoms with Crippen molar-refractivity contribution in [1.82, 2.24) is 18.7 Å². The van der Waals surface area contributed by atoms with E-state index in [1.165, 1.54) is 16.2 Å². The molecule has 0 radical (unpaired) electrons. The van der Waals surface area contributed by atoms with Crippen molar-refractivity contribution in [2.45, 2.75) is 39.8 Å². The Bertz CT molecular complexity index is 812. The summed E-state index contributed by atoms with van der Waals surface area (Å²) in [6.07, 6.45) is 1.62. The third-order valence-electron chi connectivity index (χ3n) is 3.47. The van der Waals surface area contributed by atoms with E-state index in [2.05, 4.69) is 4.98 Å². The summed E-state index contributed by atoms with van der Waals surface area (Å²) < 4.78 is 3.71. The third kappa shape index (κ3) is 2.26. The largest absolute Gasteiger partial charge is 0.475 e. The summed E-state index contributed by atoms with van der Waals surface area (Å²) in [7, 11) is 1.39. The molecule has 0 aliphatic carbocycles. The van der Waals surface area contributed by atoms with Crippen LogP contribution < -0.4 is 11.2 Å². The monoisotopic (exact) mass is 294 g/mol. The number of carboxylic acids is 1. The van der Waals surface area contributed by atoms with Gasteiger partial charge in [0.25, 0.3) is 5.56 Å². The van der Waals surface area contributed by atoms with Crippen LogP contribution in [0.5, 0.6) is 0 Å². The molecule has 1 N–H and O–H groups in total. The Balaban J connectivity index is 2.94. The van der Waals surface area contributed by atoms with Crippen LogP contribution in [0.1, 0.15) is 37.3 Å². The lowest BCUT2D eigenvalue weighted by molar-refractivity contribution is 0.0679. The first-order valence-electron chi connectivity index (χ1n) is 6.87. The molecule has 0 saturated heterocycles. The van der Waals surface area contributed by atoms with Crippen molar-refractivity contribution in [2.75, 3.05) is 0 Å². The quantitative estimate of drug-likeness (QED) is 0.861. The molecule has 2 heterocycles. The molecule has 0 spiro atoms. The highest BCUT2D eigenvalue weighted by Gasteiger charge is 2.22. The first-order chi connectivity index (χ1) is 9.93. The van der Waals surface area contributed by atoms with Crippen molar-refractivity contribution >= 4 is 17.1 Å². The van der Waals surface area contributed by atoms with Crippen LogP contribution in [0.2, 0.25) is 0 Å². The molecule has 0 atom stereocenters. The van der Waals surface area contributed by atoms with Gasteiger partial charge in [0.05, 0.1) is 0 Å².